The molecule has 27 heavy (non-hydrogen) atoms. The molecule has 1 aliphatic rings. The molecular weight excluding hydrogens is 399 g/mol. The molecule has 0 atom stereocenters. The zero-order valence-electron chi connectivity index (χ0n) is 15.3. The summed E-state index contributed by atoms with van der Waals surface area (Å²) in [6.45, 7) is 5.89. The molecule has 142 valence electrons. The monoisotopic (exact) mass is 420 g/mol. The lowest BCUT2D eigenvalue weighted by molar-refractivity contribution is 0.148. The second-order valence-corrected chi connectivity index (χ2v) is 8.98. The Morgan fingerprint density at radius 2 is 1.67 bits per heavy atom. The van der Waals surface area contributed by atoms with Crippen LogP contribution in [0, 0.1) is 0 Å². The van der Waals surface area contributed by atoms with E-state index in [2.05, 4.69) is 29.0 Å². The van der Waals surface area contributed by atoms with Crippen molar-refractivity contribution >= 4 is 44.6 Å². The highest BCUT2D eigenvalue weighted by atomic mass is 35.5. The fourth-order valence-electron chi connectivity index (χ4n) is 3.37. The summed E-state index contributed by atoms with van der Waals surface area (Å²) in [5, 5.41) is 2.75. The van der Waals surface area contributed by atoms with Gasteiger partial charge in [-0.15, -0.1) is 11.3 Å². The number of rotatable bonds is 5. The minimum Gasteiger partial charge on any atom is -0.488 e. The van der Waals surface area contributed by atoms with Crippen LogP contribution in [0.25, 0.3) is 10.1 Å². The molecule has 1 aromatic heterocycles. The molecule has 0 spiro atoms. The third-order valence-corrected chi connectivity index (χ3v) is 6.67. The van der Waals surface area contributed by atoms with Crippen molar-refractivity contribution in [2.24, 2.45) is 0 Å². The zero-order valence-corrected chi connectivity index (χ0v) is 17.6. The lowest BCUT2D eigenvalue weighted by Gasteiger charge is -2.32. The number of ether oxygens (including phenoxy) is 1. The fourth-order valence-corrected chi connectivity index (χ4v) is 4.78. The predicted molar refractivity (Wildman–Crippen MR) is 115 cm³/mol. The molecule has 0 saturated carbocycles. The van der Waals surface area contributed by atoms with Crippen molar-refractivity contribution in [2.45, 2.75) is 13.2 Å². The average Bonchev–Trinajstić information content (AvgIpc) is 3.00. The third kappa shape index (κ3) is 4.58. The van der Waals surface area contributed by atoms with Crippen LogP contribution in [0.3, 0.4) is 0 Å². The molecule has 1 saturated heterocycles. The summed E-state index contributed by atoms with van der Waals surface area (Å²) in [7, 11) is 2.18. The van der Waals surface area contributed by atoms with E-state index in [1.165, 1.54) is 20.5 Å². The maximum absolute atomic E-state index is 6.29. The molecule has 0 radical (unpaired) electrons. The summed E-state index contributed by atoms with van der Waals surface area (Å²) in [4.78, 5) is 6.17. The second-order valence-electron chi connectivity index (χ2n) is 6.97. The molecule has 3 nitrogen and oxygen atoms in total. The lowest BCUT2D eigenvalue weighted by Crippen LogP contribution is -2.43. The first kappa shape index (κ1) is 19.0. The van der Waals surface area contributed by atoms with E-state index in [4.69, 9.17) is 27.9 Å². The van der Waals surface area contributed by atoms with Crippen LogP contribution in [-0.2, 0) is 13.2 Å². The minimum absolute atomic E-state index is 0.557. The molecule has 0 unspecified atom stereocenters. The number of likely N-dealkylation sites (N-methyl/N-ethyl adjacent to an activating group) is 1. The van der Waals surface area contributed by atoms with Crippen molar-refractivity contribution in [3.05, 3.63) is 63.0 Å². The van der Waals surface area contributed by atoms with Crippen molar-refractivity contribution < 1.29 is 4.74 Å². The Morgan fingerprint density at radius 1 is 0.963 bits per heavy atom. The number of fused-ring (bicyclic) bond motifs is 1. The Balaban J connectivity index is 1.59. The molecule has 2 heterocycles. The maximum Gasteiger partial charge on any atom is 0.123 e. The van der Waals surface area contributed by atoms with E-state index in [0.717, 1.165) is 48.5 Å². The van der Waals surface area contributed by atoms with E-state index >= 15 is 0 Å². The summed E-state index contributed by atoms with van der Waals surface area (Å²) in [5.41, 5.74) is 1.34. The number of hydrogen-bond donors (Lipinski definition) is 0. The van der Waals surface area contributed by atoms with Gasteiger partial charge in [0.05, 0.1) is 0 Å². The van der Waals surface area contributed by atoms with Gasteiger partial charge in [0.25, 0.3) is 0 Å². The topological polar surface area (TPSA) is 15.7 Å². The number of nitrogens with zero attached hydrogens (tertiary/aromatic N) is 2. The molecule has 0 bridgehead atoms. The molecule has 2 aromatic carbocycles. The molecule has 0 N–H and O–H groups in total. The quantitative estimate of drug-likeness (QED) is 0.539. The number of thiophene rings is 1. The highest BCUT2D eigenvalue weighted by molar-refractivity contribution is 7.19. The van der Waals surface area contributed by atoms with Crippen LogP contribution in [-0.4, -0.2) is 43.0 Å². The van der Waals surface area contributed by atoms with Crippen molar-refractivity contribution in [2.75, 3.05) is 33.2 Å². The van der Waals surface area contributed by atoms with Gasteiger partial charge in [-0.3, -0.25) is 4.90 Å². The molecule has 0 aliphatic carbocycles. The van der Waals surface area contributed by atoms with Gasteiger partial charge >= 0.3 is 0 Å². The van der Waals surface area contributed by atoms with E-state index < -0.39 is 0 Å². The SMILES string of the molecule is CN1CCN(Cc2c(COc3ccc(Cl)cc3)sc3ccc(Cl)cc23)CC1. The van der Waals surface area contributed by atoms with Crippen LogP contribution in [0.15, 0.2) is 42.5 Å². The molecule has 1 aliphatic heterocycles. The summed E-state index contributed by atoms with van der Waals surface area (Å²) in [5.74, 6) is 0.834. The Labute approximate surface area is 174 Å². The van der Waals surface area contributed by atoms with Crippen molar-refractivity contribution in [1.82, 2.24) is 9.80 Å². The van der Waals surface area contributed by atoms with Crippen LogP contribution >= 0.6 is 34.5 Å². The van der Waals surface area contributed by atoms with Gasteiger partial charge < -0.3 is 9.64 Å². The van der Waals surface area contributed by atoms with Crippen molar-refractivity contribution in [1.29, 1.82) is 0 Å². The van der Waals surface area contributed by atoms with E-state index in [9.17, 15) is 0 Å². The molecule has 4 rings (SSSR count). The third-order valence-electron chi connectivity index (χ3n) is 5.00. The molecular formula is C21H22Cl2N2OS. The fraction of sp³-hybridized carbons (Fsp3) is 0.333. The first-order valence-corrected chi connectivity index (χ1v) is 10.6. The summed E-state index contributed by atoms with van der Waals surface area (Å²) < 4.78 is 7.31. The Bertz CT molecular complexity index is 918. The van der Waals surface area contributed by atoms with Crippen LogP contribution in [0.2, 0.25) is 10.0 Å². The number of piperazine rings is 1. The minimum atomic E-state index is 0.557. The van der Waals surface area contributed by atoms with E-state index in [0.29, 0.717) is 6.61 Å². The van der Waals surface area contributed by atoms with Gasteiger partial charge in [0, 0.05) is 52.3 Å². The Morgan fingerprint density at radius 3 is 2.41 bits per heavy atom. The van der Waals surface area contributed by atoms with E-state index in [1.807, 2.05) is 30.3 Å². The lowest BCUT2D eigenvalue weighted by atomic mass is 10.1. The van der Waals surface area contributed by atoms with E-state index in [1.54, 1.807) is 11.3 Å². The molecule has 6 heteroatoms. The Kier molecular flexibility index (Phi) is 5.90. The summed E-state index contributed by atoms with van der Waals surface area (Å²) in [6, 6.07) is 13.7. The largest absolute Gasteiger partial charge is 0.488 e. The number of benzene rings is 2. The van der Waals surface area contributed by atoms with Gasteiger partial charge in [0.1, 0.15) is 12.4 Å². The molecule has 0 amide bonds. The van der Waals surface area contributed by atoms with E-state index in [-0.39, 0.29) is 0 Å². The van der Waals surface area contributed by atoms with Gasteiger partial charge in [-0.1, -0.05) is 23.2 Å². The van der Waals surface area contributed by atoms with Crippen molar-refractivity contribution in [3.63, 3.8) is 0 Å². The van der Waals surface area contributed by atoms with Crippen LogP contribution < -0.4 is 4.74 Å². The second kappa shape index (κ2) is 8.38. The predicted octanol–water partition coefficient (Wildman–Crippen LogP) is 5.53. The van der Waals surface area contributed by atoms with Gasteiger partial charge in [-0.25, -0.2) is 0 Å². The Hall–Kier alpha value is -1.30. The number of halogens is 2. The molecule has 3 aromatic rings. The van der Waals surface area contributed by atoms with Gasteiger partial charge in [0.2, 0.25) is 0 Å². The summed E-state index contributed by atoms with van der Waals surface area (Å²) >= 11 is 14.1. The van der Waals surface area contributed by atoms with Gasteiger partial charge in [-0.2, -0.15) is 0 Å². The zero-order chi connectivity index (χ0) is 18.8. The first-order chi connectivity index (χ1) is 13.1. The van der Waals surface area contributed by atoms with Crippen LogP contribution in [0.1, 0.15) is 10.4 Å². The number of hydrogen-bond acceptors (Lipinski definition) is 4. The first-order valence-electron chi connectivity index (χ1n) is 9.07. The standard InChI is InChI=1S/C21H22Cl2N2OS/c1-24-8-10-25(11-9-24)13-19-18-12-16(23)4-7-20(18)27-21(19)14-26-17-5-2-15(22)3-6-17/h2-7,12H,8-11,13-14H2,1H3. The molecule has 1 fully saturated rings. The van der Waals surface area contributed by atoms with Gasteiger partial charge in [0.15, 0.2) is 0 Å². The van der Waals surface area contributed by atoms with Crippen LogP contribution in [0.5, 0.6) is 5.75 Å². The summed E-state index contributed by atoms with van der Waals surface area (Å²) in [6.07, 6.45) is 0. The smallest absolute Gasteiger partial charge is 0.123 e. The average molecular weight is 421 g/mol. The highest BCUT2D eigenvalue weighted by Gasteiger charge is 2.19. The van der Waals surface area contributed by atoms with Gasteiger partial charge in [-0.05, 0) is 60.5 Å². The van der Waals surface area contributed by atoms with Crippen LogP contribution in [0.4, 0.5) is 0 Å². The highest BCUT2D eigenvalue weighted by Crippen LogP contribution is 2.35. The normalized spacial score (nSPS) is 16.1. The maximum atomic E-state index is 6.29. The van der Waals surface area contributed by atoms with Crippen molar-refractivity contribution in [3.8, 4) is 5.75 Å².